The molecule has 32 heavy (non-hydrogen) atoms. The quantitative estimate of drug-likeness (QED) is 0.355. The molecule has 5 rings (SSSR count). The van der Waals surface area contributed by atoms with E-state index < -0.39 is 0 Å². The minimum absolute atomic E-state index is 0.0563. The van der Waals surface area contributed by atoms with Gasteiger partial charge in [0.15, 0.2) is 5.11 Å². The maximum absolute atomic E-state index is 5.85. The van der Waals surface area contributed by atoms with Gasteiger partial charge in [-0.1, -0.05) is 37.1 Å². The summed E-state index contributed by atoms with van der Waals surface area (Å²) in [5.74, 6) is 0. The summed E-state index contributed by atoms with van der Waals surface area (Å²) in [5, 5.41) is 7.94. The van der Waals surface area contributed by atoms with Crippen molar-refractivity contribution < 1.29 is 0 Å². The Morgan fingerprint density at radius 2 is 1.81 bits per heavy atom. The fourth-order valence-electron chi connectivity index (χ4n) is 5.18. The summed E-state index contributed by atoms with van der Waals surface area (Å²) in [6, 6.07) is 21.8. The van der Waals surface area contributed by atoms with Crippen LogP contribution in [-0.2, 0) is 0 Å². The Kier molecular flexibility index (Phi) is 6.39. The van der Waals surface area contributed by atoms with E-state index in [2.05, 4.69) is 79.8 Å². The molecule has 166 valence electrons. The summed E-state index contributed by atoms with van der Waals surface area (Å²) < 4.78 is 2.51. The summed E-state index contributed by atoms with van der Waals surface area (Å²) in [6.45, 7) is 1.81. The molecule has 2 fully saturated rings. The third-order valence-electron chi connectivity index (χ3n) is 6.71. The molecule has 0 spiro atoms. The Morgan fingerprint density at radius 1 is 1.00 bits per heavy atom. The van der Waals surface area contributed by atoms with Crippen LogP contribution in [0.2, 0.25) is 0 Å². The van der Waals surface area contributed by atoms with Gasteiger partial charge < -0.3 is 20.1 Å². The zero-order valence-electron chi connectivity index (χ0n) is 18.4. The van der Waals surface area contributed by atoms with Crippen molar-refractivity contribution in [2.45, 2.75) is 50.2 Å². The van der Waals surface area contributed by atoms with Gasteiger partial charge in [0.25, 0.3) is 0 Å². The van der Waals surface area contributed by atoms with Gasteiger partial charge in [0.2, 0.25) is 0 Å². The minimum atomic E-state index is 0.0563. The Morgan fingerprint density at radius 3 is 2.59 bits per heavy atom. The molecule has 2 aromatic heterocycles. The summed E-state index contributed by atoms with van der Waals surface area (Å²) in [6.07, 6.45) is 10.3. The number of nitrogens with zero attached hydrogens (tertiary/aromatic N) is 3. The second-order valence-electron chi connectivity index (χ2n) is 8.74. The van der Waals surface area contributed by atoms with Gasteiger partial charge >= 0.3 is 0 Å². The van der Waals surface area contributed by atoms with Gasteiger partial charge in [0, 0.05) is 42.9 Å². The minimum Gasteiger partial charge on any atom is -0.385 e. The van der Waals surface area contributed by atoms with Crippen LogP contribution in [0.5, 0.6) is 0 Å². The molecule has 6 heteroatoms. The molecule has 0 radical (unpaired) electrons. The number of pyridine rings is 1. The van der Waals surface area contributed by atoms with E-state index in [4.69, 9.17) is 12.2 Å². The Labute approximate surface area is 195 Å². The number of aromatic nitrogens is 2. The number of hydrogen-bond donors (Lipinski definition) is 2. The average Bonchev–Trinajstić information content (AvgIpc) is 3.58. The molecule has 0 bridgehead atoms. The smallest absolute Gasteiger partial charge is 0.170 e. The lowest BCUT2D eigenvalue weighted by molar-refractivity contribution is 0.295. The molecule has 1 aromatic carbocycles. The van der Waals surface area contributed by atoms with Gasteiger partial charge in [-0.3, -0.25) is 4.98 Å². The van der Waals surface area contributed by atoms with Crippen molar-refractivity contribution in [3.05, 3.63) is 84.4 Å². The highest BCUT2D eigenvalue weighted by molar-refractivity contribution is 7.80. The van der Waals surface area contributed by atoms with Crippen LogP contribution >= 0.6 is 12.2 Å². The molecule has 0 unspecified atom stereocenters. The first-order valence-corrected chi connectivity index (χ1v) is 12.2. The van der Waals surface area contributed by atoms with Gasteiger partial charge in [0.05, 0.1) is 17.8 Å². The molecule has 0 amide bonds. The van der Waals surface area contributed by atoms with Gasteiger partial charge in [-0.25, -0.2) is 0 Å². The van der Waals surface area contributed by atoms with E-state index >= 15 is 0 Å². The molecule has 1 aliphatic carbocycles. The standard InChI is InChI=1S/C26H31N5S/c32-26-29-24(22-14-6-7-16-28-22)25(23-15-8-18-30(23)21-12-4-5-13-21)31(26)19-9-17-27-20-10-2-1-3-11-20/h1-3,6-8,10-11,14-16,18,21,24-25,27H,4-5,9,12-13,17,19H2,(H,29,32)/t24-,25+/m0/s1. The van der Waals surface area contributed by atoms with E-state index in [1.165, 1.54) is 31.4 Å². The first kappa shape index (κ1) is 21.0. The van der Waals surface area contributed by atoms with Crippen LogP contribution in [0.3, 0.4) is 0 Å². The van der Waals surface area contributed by atoms with Crippen molar-refractivity contribution >= 4 is 23.0 Å². The molecule has 3 heterocycles. The molecule has 1 saturated carbocycles. The molecule has 2 N–H and O–H groups in total. The van der Waals surface area contributed by atoms with Crippen molar-refractivity contribution in [1.29, 1.82) is 0 Å². The van der Waals surface area contributed by atoms with Crippen LogP contribution < -0.4 is 10.6 Å². The highest BCUT2D eigenvalue weighted by Gasteiger charge is 2.41. The fourth-order valence-corrected chi connectivity index (χ4v) is 5.51. The average molecular weight is 446 g/mol. The van der Waals surface area contributed by atoms with E-state index in [9.17, 15) is 0 Å². The first-order chi connectivity index (χ1) is 15.8. The van der Waals surface area contributed by atoms with Crippen LogP contribution in [0.1, 0.15) is 61.6 Å². The van der Waals surface area contributed by atoms with Gasteiger partial charge in [0.1, 0.15) is 0 Å². The topological polar surface area (TPSA) is 45.1 Å². The number of benzene rings is 1. The summed E-state index contributed by atoms with van der Waals surface area (Å²) in [5.41, 5.74) is 3.55. The zero-order valence-corrected chi connectivity index (χ0v) is 19.2. The summed E-state index contributed by atoms with van der Waals surface area (Å²) in [4.78, 5) is 7.06. The third-order valence-corrected chi connectivity index (χ3v) is 7.06. The van der Waals surface area contributed by atoms with E-state index in [0.29, 0.717) is 6.04 Å². The predicted octanol–water partition coefficient (Wildman–Crippen LogP) is 5.47. The lowest BCUT2D eigenvalue weighted by atomic mass is 10.0. The lowest BCUT2D eigenvalue weighted by Gasteiger charge is -2.30. The molecular weight excluding hydrogens is 414 g/mol. The van der Waals surface area contributed by atoms with Crippen LogP contribution in [0.25, 0.3) is 0 Å². The number of para-hydroxylation sites is 1. The molecule has 5 nitrogen and oxygen atoms in total. The predicted molar refractivity (Wildman–Crippen MR) is 134 cm³/mol. The van der Waals surface area contributed by atoms with Crippen molar-refractivity contribution in [2.24, 2.45) is 0 Å². The third kappa shape index (κ3) is 4.37. The molecule has 1 aliphatic heterocycles. The Balaban J connectivity index is 1.37. The van der Waals surface area contributed by atoms with Gasteiger partial charge in [-0.15, -0.1) is 0 Å². The van der Waals surface area contributed by atoms with E-state index in [-0.39, 0.29) is 12.1 Å². The molecule has 2 aliphatic rings. The second-order valence-corrected chi connectivity index (χ2v) is 9.13. The second kappa shape index (κ2) is 9.74. The van der Waals surface area contributed by atoms with Crippen LogP contribution in [0.15, 0.2) is 73.1 Å². The summed E-state index contributed by atoms with van der Waals surface area (Å²) in [7, 11) is 0. The maximum Gasteiger partial charge on any atom is 0.170 e. The van der Waals surface area contributed by atoms with Crippen molar-refractivity contribution in [3.8, 4) is 0 Å². The highest BCUT2D eigenvalue weighted by Crippen LogP contribution is 2.41. The molecule has 1 saturated heterocycles. The largest absolute Gasteiger partial charge is 0.385 e. The summed E-state index contributed by atoms with van der Waals surface area (Å²) >= 11 is 5.85. The zero-order chi connectivity index (χ0) is 21.8. The number of hydrogen-bond acceptors (Lipinski definition) is 3. The monoisotopic (exact) mass is 445 g/mol. The van der Waals surface area contributed by atoms with Crippen LogP contribution in [-0.4, -0.2) is 32.7 Å². The normalized spacial score (nSPS) is 21.1. The number of rotatable bonds is 8. The SMILES string of the molecule is S=C1N[C@@H](c2ccccn2)[C@@H](c2cccn2C2CCCC2)N1CCCNc1ccccc1. The van der Waals surface area contributed by atoms with Crippen LogP contribution in [0, 0.1) is 0 Å². The fraction of sp³-hybridized carbons (Fsp3) is 0.385. The van der Waals surface area contributed by atoms with E-state index in [1.54, 1.807) is 0 Å². The highest BCUT2D eigenvalue weighted by atomic mass is 32.1. The number of thiocarbonyl (C=S) groups is 1. The van der Waals surface area contributed by atoms with E-state index in [0.717, 1.165) is 36.0 Å². The van der Waals surface area contributed by atoms with Crippen molar-refractivity contribution in [3.63, 3.8) is 0 Å². The molecule has 3 aromatic rings. The Hall–Kier alpha value is -2.86. The lowest BCUT2D eigenvalue weighted by Crippen LogP contribution is -2.32. The van der Waals surface area contributed by atoms with E-state index in [1.807, 2.05) is 18.3 Å². The van der Waals surface area contributed by atoms with Gasteiger partial charge in [-0.2, -0.15) is 0 Å². The first-order valence-electron chi connectivity index (χ1n) is 11.7. The van der Waals surface area contributed by atoms with Crippen molar-refractivity contribution in [1.82, 2.24) is 19.8 Å². The molecule has 2 atom stereocenters. The number of nitrogens with one attached hydrogen (secondary N) is 2. The van der Waals surface area contributed by atoms with Crippen LogP contribution in [0.4, 0.5) is 5.69 Å². The van der Waals surface area contributed by atoms with Gasteiger partial charge in [-0.05, 0) is 67.9 Å². The number of anilines is 1. The maximum atomic E-state index is 5.85. The molecular formula is C26H31N5S. The van der Waals surface area contributed by atoms with Crippen molar-refractivity contribution in [2.75, 3.05) is 18.4 Å². The Bertz CT molecular complexity index is 1010.